The Morgan fingerprint density at radius 1 is 1.05 bits per heavy atom. The molecule has 0 amide bonds. The Morgan fingerprint density at radius 2 is 1.65 bits per heavy atom. The smallest absolute Gasteiger partial charge is 0.0558 e. The molecule has 0 atom stereocenters. The third-order valence-electron chi connectivity index (χ3n) is 3.76. The van der Waals surface area contributed by atoms with Gasteiger partial charge in [0.15, 0.2) is 0 Å². The molecule has 3 heterocycles. The fourth-order valence-electron chi connectivity index (χ4n) is 2.75. The molecule has 1 saturated heterocycles. The van der Waals surface area contributed by atoms with Crippen molar-refractivity contribution in [1.82, 2.24) is 4.90 Å². The van der Waals surface area contributed by atoms with Gasteiger partial charge in [0.25, 0.3) is 0 Å². The van der Waals surface area contributed by atoms with E-state index in [1.807, 2.05) is 22.7 Å². The lowest BCUT2D eigenvalue weighted by molar-refractivity contribution is 0.187. The largest absolute Gasteiger partial charge is 0.395 e. The number of aliphatic hydroxyl groups is 1. The first-order chi connectivity index (χ1) is 9.88. The SMILES string of the molecule is OCCN1CCC(=C(c2cccs2)c2cccs2)CC1. The van der Waals surface area contributed by atoms with Crippen molar-refractivity contribution < 1.29 is 5.11 Å². The van der Waals surface area contributed by atoms with Crippen LogP contribution in [0.5, 0.6) is 0 Å². The van der Waals surface area contributed by atoms with Crippen LogP contribution in [-0.2, 0) is 0 Å². The lowest BCUT2D eigenvalue weighted by atomic mass is 9.96. The Balaban J connectivity index is 1.88. The van der Waals surface area contributed by atoms with Crippen molar-refractivity contribution in [3.63, 3.8) is 0 Å². The molecule has 1 aliphatic heterocycles. The van der Waals surface area contributed by atoms with Gasteiger partial charge in [-0.1, -0.05) is 17.7 Å². The van der Waals surface area contributed by atoms with Crippen molar-refractivity contribution in [2.75, 3.05) is 26.2 Å². The lowest BCUT2D eigenvalue weighted by Gasteiger charge is -2.29. The van der Waals surface area contributed by atoms with Gasteiger partial charge in [-0.3, -0.25) is 0 Å². The minimum absolute atomic E-state index is 0.266. The number of likely N-dealkylation sites (tertiary alicyclic amines) is 1. The molecule has 0 aromatic carbocycles. The van der Waals surface area contributed by atoms with E-state index in [4.69, 9.17) is 5.11 Å². The molecular formula is C16H19NOS2. The highest BCUT2D eigenvalue weighted by Gasteiger charge is 2.19. The zero-order chi connectivity index (χ0) is 13.8. The fourth-order valence-corrected chi connectivity index (χ4v) is 4.48. The highest BCUT2D eigenvalue weighted by atomic mass is 32.1. The van der Waals surface area contributed by atoms with Gasteiger partial charge < -0.3 is 10.0 Å². The molecule has 0 bridgehead atoms. The summed E-state index contributed by atoms with van der Waals surface area (Å²) in [7, 11) is 0. The molecule has 3 rings (SSSR count). The van der Waals surface area contributed by atoms with Crippen LogP contribution in [-0.4, -0.2) is 36.2 Å². The Morgan fingerprint density at radius 3 is 2.10 bits per heavy atom. The molecule has 1 N–H and O–H groups in total. The van der Waals surface area contributed by atoms with E-state index >= 15 is 0 Å². The van der Waals surface area contributed by atoms with Gasteiger partial charge in [0.1, 0.15) is 0 Å². The maximum Gasteiger partial charge on any atom is 0.0558 e. The first kappa shape index (κ1) is 14.0. The Labute approximate surface area is 128 Å². The molecule has 106 valence electrons. The summed E-state index contributed by atoms with van der Waals surface area (Å²) in [6.07, 6.45) is 2.23. The summed E-state index contributed by atoms with van der Waals surface area (Å²) in [4.78, 5) is 5.13. The quantitative estimate of drug-likeness (QED) is 0.931. The van der Waals surface area contributed by atoms with E-state index in [-0.39, 0.29) is 6.61 Å². The lowest BCUT2D eigenvalue weighted by Crippen LogP contribution is -2.33. The van der Waals surface area contributed by atoms with E-state index in [1.54, 1.807) is 5.57 Å². The molecule has 0 saturated carbocycles. The maximum absolute atomic E-state index is 9.04. The van der Waals surface area contributed by atoms with Crippen LogP contribution in [0.4, 0.5) is 0 Å². The van der Waals surface area contributed by atoms with Crippen molar-refractivity contribution in [2.24, 2.45) is 0 Å². The highest BCUT2D eigenvalue weighted by molar-refractivity contribution is 7.13. The second-order valence-electron chi connectivity index (χ2n) is 5.00. The van der Waals surface area contributed by atoms with Crippen LogP contribution in [0.1, 0.15) is 22.6 Å². The van der Waals surface area contributed by atoms with Crippen LogP contribution in [0.2, 0.25) is 0 Å². The van der Waals surface area contributed by atoms with Crippen LogP contribution in [0.15, 0.2) is 40.6 Å². The predicted molar refractivity (Wildman–Crippen MR) is 87.4 cm³/mol. The molecule has 0 radical (unpaired) electrons. The number of nitrogens with zero attached hydrogens (tertiary/aromatic N) is 1. The van der Waals surface area contributed by atoms with Crippen molar-refractivity contribution >= 4 is 28.2 Å². The Bertz CT molecular complexity index is 511. The molecule has 2 aromatic heterocycles. The van der Waals surface area contributed by atoms with Gasteiger partial charge in [-0.2, -0.15) is 0 Å². The third-order valence-corrected chi connectivity index (χ3v) is 5.54. The number of hydrogen-bond donors (Lipinski definition) is 1. The third kappa shape index (κ3) is 3.04. The average Bonchev–Trinajstić information content (AvgIpc) is 3.15. The molecule has 4 heteroatoms. The predicted octanol–water partition coefficient (Wildman–Crippen LogP) is 3.70. The van der Waals surface area contributed by atoms with Crippen LogP contribution < -0.4 is 0 Å². The van der Waals surface area contributed by atoms with E-state index in [2.05, 4.69) is 39.9 Å². The average molecular weight is 305 g/mol. The Hall–Kier alpha value is -0.940. The van der Waals surface area contributed by atoms with Crippen LogP contribution in [0.25, 0.3) is 5.57 Å². The second kappa shape index (κ2) is 6.68. The number of rotatable bonds is 4. The number of aliphatic hydroxyl groups excluding tert-OH is 1. The minimum atomic E-state index is 0.266. The normalized spacial score (nSPS) is 16.6. The summed E-state index contributed by atoms with van der Waals surface area (Å²) in [5.74, 6) is 0. The summed E-state index contributed by atoms with van der Waals surface area (Å²) >= 11 is 3.66. The molecule has 1 aliphatic rings. The van der Waals surface area contributed by atoms with Crippen molar-refractivity contribution in [1.29, 1.82) is 0 Å². The number of β-amino-alcohol motifs (C(OH)–C–C–N with tert-alkyl or cyclic N) is 1. The van der Waals surface area contributed by atoms with Gasteiger partial charge in [-0.05, 0) is 35.7 Å². The molecule has 0 spiro atoms. The first-order valence-electron chi connectivity index (χ1n) is 7.01. The fraction of sp³-hybridized carbons (Fsp3) is 0.375. The number of piperidine rings is 1. The van der Waals surface area contributed by atoms with Gasteiger partial charge in [-0.25, -0.2) is 0 Å². The van der Waals surface area contributed by atoms with Gasteiger partial charge in [0, 0.05) is 35.0 Å². The second-order valence-corrected chi connectivity index (χ2v) is 6.89. The van der Waals surface area contributed by atoms with Crippen molar-refractivity contribution in [3.05, 3.63) is 50.4 Å². The monoisotopic (exact) mass is 305 g/mol. The van der Waals surface area contributed by atoms with Crippen LogP contribution in [0, 0.1) is 0 Å². The van der Waals surface area contributed by atoms with E-state index < -0.39 is 0 Å². The zero-order valence-electron chi connectivity index (χ0n) is 11.4. The molecule has 2 nitrogen and oxygen atoms in total. The Kier molecular flexibility index (Phi) is 4.68. The summed E-state index contributed by atoms with van der Waals surface area (Å²) in [5.41, 5.74) is 3.03. The van der Waals surface area contributed by atoms with E-state index in [0.29, 0.717) is 0 Å². The van der Waals surface area contributed by atoms with Crippen molar-refractivity contribution in [2.45, 2.75) is 12.8 Å². The van der Waals surface area contributed by atoms with Crippen LogP contribution >= 0.6 is 22.7 Å². The first-order valence-corrected chi connectivity index (χ1v) is 8.77. The number of hydrogen-bond acceptors (Lipinski definition) is 4. The summed E-state index contributed by atoms with van der Waals surface area (Å²) in [5, 5.41) is 13.4. The summed E-state index contributed by atoms with van der Waals surface area (Å²) in [6, 6.07) is 8.73. The van der Waals surface area contributed by atoms with E-state index in [9.17, 15) is 0 Å². The molecule has 1 fully saturated rings. The van der Waals surface area contributed by atoms with E-state index in [0.717, 1.165) is 32.5 Å². The minimum Gasteiger partial charge on any atom is -0.395 e. The summed E-state index contributed by atoms with van der Waals surface area (Å²) < 4.78 is 0. The van der Waals surface area contributed by atoms with Gasteiger partial charge in [0.2, 0.25) is 0 Å². The van der Waals surface area contributed by atoms with Gasteiger partial charge in [0.05, 0.1) is 6.61 Å². The molecule has 0 aliphatic carbocycles. The topological polar surface area (TPSA) is 23.5 Å². The van der Waals surface area contributed by atoms with Gasteiger partial charge >= 0.3 is 0 Å². The van der Waals surface area contributed by atoms with E-state index in [1.165, 1.54) is 15.3 Å². The molecule has 20 heavy (non-hydrogen) atoms. The summed E-state index contributed by atoms with van der Waals surface area (Å²) in [6.45, 7) is 3.20. The highest BCUT2D eigenvalue weighted by Crippen LogP contribution is 2.36. The number of thiophene rings is 2. The van der Waals surface area contributed by atoms with Crippen LogP contribution in [0.3, 0.4) is 0 Å². The maximum atomic E-state index is 9.04. The zero-order valence-corrected chi connectivity index (χ0v) is 13.1. The van der Waals surface area contributed by atoms with Crippen molar-refractivity contribution in [3.8, 4) is 0 Å². The molecular weight excluding hydrogens is 286 g/mol. The molecule has 2 aromatic rings. The van der Waals surface area contributed by atoms with Gasteiger partial charge in [-0.15, -0.1) is 22.7 Å². The molecule has 0 unspecified atom stereocenters. The standard InChI is InChI=1S/C16H19NOS2/c18-10-9-17-7-5-13(6-8-17)16(14-3-1-11-19-14)15-4-2-12-20-15/h1-4,11-12,18H,5-10H2.